The fourth-order valence-corrected chi connectivity index (χ4v) is 2.83. The number of nitrogens with two attached hydrogens (primary N) is 1. The van der Waals surface area contributed by atoms with Crippen LogP contribution in [0.1, 0.15) is 33.1 Å². The normalized spacial score (nSPS) is 26.7. The summed E-state index contributed by atoms with van der Waals surface area (Å²) in [5.41, 5.74) is 7.07. The molecule has 0 heterocycles. The summed E-state index contributed by atoms with van der Waals surface area (Å²) in [6.07, 6.45) is 3.43. The van der Waals surface area contributed by atoms with Crippen LogP contribution in [0.15, 0.2) is 24.3 Å². The van der Waals surface area contributed by atoms with E-state index in [-0.39, 0.29) is 12.1 Å². The molecule has 1 fully saturated rings. The number of carbonyl (C=O) groups is 1. The summed E-state index contributed by atoms with van der Waals surface area (Å²) in [6, 6.07) is 7.35. The van der Waals surface area contributed by atoms with E-state index in [1.54, 1.807) is 12.1 Å². The number of benzene rings is 1. The quantitative estimate of drug-likeness (QED) is 0.716. The Labute approximate surface area is 114 Å². The highest BCUT2D eigenvalue weighted by molar-refractivity contribution is 5.89. The lowest BCUT2D eigenvalue weighted by Gasteiger charge is -2.33. The first-order valence-corrected chi connectivity index (χ1v) is 6.97. The van der Waals surface area contributed by atoms with E-state index in [1.165, 1.54) is 12.8 Å². The zero-order valence-corrected chi connectivity index (χ0v) is 11.6. The highest BCUT2D eigenvalue weighted by Gasteiger charge is 2.26. The number of urea groups is 1. The van der Waals surface area contributed by atoms with Crippen LogP contribution in [0.25, 0.3) is 0 Å². The van der Waals surface area contributed by atoms with Crippen molar-refractivity contribution in [1.82, 2.24) is 5.32 Å². The maximum atomic E-state index is 12.0. The molecule has 1 aromatic carbocycles. The van der Waals surface area contributed by atoms with E-state index in [0.29, 0.717) is 11.6 Å². The van der Waals surface area contributed by atoms with Gasteiger partial charge in [0.15, 0.2) is 0 Å². The van der Waals surface area contributed by atoms with E-state index in [4.69, 9.17) is 5.73 Å². The van der Waals surface area contributed by atoms with Crippen molar-refractivity contribution in [2.45, 2.75) is 39.2 Å². The number of rotatable bonds is 2. The van der Waals surface area contributed by atoms with Gasteiger partial charge in [-0.05, 0) is 49.3 Å². The number of anilines is 2. The summed E-state index contributed by atoms with van der Waals surface area (Å²) in [6.45, 7) is 4.49. The third kappa shape index (κ3) is 3.88. The van der Waals surface area contributed by atoms with Gasteiger partial charge in [-0.15, -0.1) is 0 Å². The van der Waals surface area contributed by atoms with E-state index in [1.807, 2.05) is 12.1 Å². The van der Waals surface area contributed by atoms with Crippen molar-refractivity contribution in [3.8, 4) is 0 Å². The molecule has 0 aromatic heterocycles. The summed E-state index contributed by atoms with van der Waals surface area (Å²) >= 11 is 0. The molecule has 4 N–H and O–H groups in total. The van der Waals surface area contributed by atoms with Gasteiger partial charge in [-0.3, -0.25) is 0 Å². The monoisotopic (exact) mass is 261 g/mol. The van der Waals surface area contributed by atoms with Gasteiger partial charge >= 0.3 is 6.03 Å². The minimum atomic E-state index is -0.142. The molecule has 0 aliphatic heterocycles. The van der Waals surface area contributed by atoms with Crippen molar-refractivity contribution in [2.75, 3.05) is 11.1 Å². The average Bonchev–Trinajstić information content (AvgIpc) is 2.33. The van der Waals surface area contributed by atoms with Crippen LogP contribution >= 0.6 is 0 Å². The van der Waals surface area contributed by atoms with Crippen LogP contribution in [0.4, 0.5) is 16.2 Å². The third-order valence-electron chi connectivity index (χ3n) is 3.89. The molecule has 0 radical (unpaired) electrons. The number of nitrogen functional groups attached to an aromatic ring is 1. The van der Waals surface area contributed by atoms with Gasteiger partial charge in [0.1, 0.15) is 0 Å². The summed E-state index contributed by atoms with van der Waals surface area (Å²) < 4.78 is 0. The van der Waals surface area contributed by atoms with Gasteiger partial charge in [0, 0.05) is 17.4 Å². The van der Waals surface area contributed by atoms with E-state index < -0.39 is 0 Å². The fourth-order valence-electron chi connectivity index (χ4n) is 2.83. The zero-order valence-electron chi connectivity index (χ0n) is 11.6. The molecular weight excluding hydrogens is 238 g/mol. The SMILES string of the molecule is CC1CCC(NC(=O)Nc2cccc(N)c2)C(C)C1. The number of hydrogen-bond acceptors (Lipinski definition) is 2. The Balaban J connectivity index is 1.87. The molecule has 4 nitrogen and oxygen atoms in total. The van der Waals surface area contributed by atoms with E-state index in [0.717, 1.165) is 18.0 Å². The van der Waals surface area contributed by atoms with Gasteiger partial charge in [-0.1, -0.05) is 19.9 Å². The van der Waals surface area contributed by atoms with Crippen LogP contribution in [0.3, 0.4) is 0 Å². The van der Waals surface area contributed by atoms with Crippen LogP contribution in [0.5, 0.6) is 0 Å². The largest absolute Gasteiger partial charge is 0.399 e. The highest BCUT2D eigenvalue weighted by atomic mass is 16.2. The molecule has 0 spiro atoms. The summed E-state index contributed by atoms with van der Waals surface area (Å²) in [5.74, 6) is 1.31. The minimum absolute atomic E-state index is 0.142. The second-order valence-electron chi connectivity index (χ2n) is 5.73. The molecular formula is C15H23N3O. The van der Waals surface area contributed by atoms with Crippen molar-refractivity contribution in [1.29, 1.82) is 0 Å². The Bertz CT molecular complexity index is 447. The van der Waals surface area contributed by atoms with Crippen LogP contribution in [0, 0.1) is 11.8 Å². The van der Waals surface area contributed by atoms with Crippen LogP contribution in [-0.4, -0.2) is 12.1 Å². The topological polar surface area (TPSA) is 67.2 Å². The minimum Gasteiger partial charge on any atom is -0.399 e. The van der Waals surface area contributed by atoms with Gasteiger partial charge in [0.05, 0.1) is 0 Å². The Morgan fingerprint density at radius 1 is 1.32 bits per heavy atom. The Morgan fingerprint density at radius 3 is 2.79 bits per heavy atom. The Hall–Kier alpha value is -1.71. The summed E-state index contributed by atoms with van der Waals surface area (Å²) in [7, 11) is 0. The van der Waals surface area contributed by atoms with Crippen LogP contribution in [-0.2, 0) is 0 Å². The number of nitrogens with one attached hydrogen (secondary N) is 2. The van der Waals surface area contributed by atoms with Gasteiger partial charge in [0.25, 0.3) is 0 Å². The predicted octanol–water partition coefficient (Wildman–Crippen LogP) is 3.22. The lowest BCUT2D eigenvalue weighted by Crippen LogP contribution is -2.44. The second kappa shape index (κ2) is 5.95. The van der Waals surface area contributed by atoms with Crippen molar-refractivity contribution < 1.29 is 4.79 Å². The molecule has 1 saturated carbocycles. The third-order valence-corrected chi connectivity index (χ3v) is 3.89. The van der Waals surface area contributed by atoms with Crippen molar-refractivity contribution in [3.63, 3.8) is 0 Å². The Morgan fingerprint density at radius 2 is 2.11 bits per heavy atom. The molecule has 4 heteroatoms. The maximum Gasteiger partial charge on any atom is 0.319 e. The van der Waals surface area contributed by atoms with Gasteiger partial charge < -0.3 is 16.4 Å². The standard InChI is InChI=1S/C15H23N3O/c1-10-6-7-14(11(2)8-10)18-15(19)17-13-5-3-4-12(16)9-13/h3-5,9-11,14H,6-8,16H2,1-2H3,(H2,17,18,19). The molecule has 104 valence electrons. The lowest BCUT2D eigenvalue weighted by atomic mass is 9.80. The lowest BCUT2D eigenvalue weighted by molar-refractivity contribution is 0.214. The van der Waals surface area contributed by atoms with Crippen molar-refractivity contribution >= 4 is 17.4 Å². The molecule has 0 bridgehead atoms. The predicted molar refractivity (Wildman–Crippen MR) is 79.0 cm³/mol. The first-order chi connectivity index (χ1) is 9.04. The van der Waals surface area contributed by atoms with E-state index in [2.05, 4.69) is 24.5 Å². The summed E-state index contributed by atoms with van der Waals surface area (Å²) in [5, 5.41) is 5.90. The fraction of sp³-hybridized carbons (Fsp3) is 0.533. The smallest absolute Gasteiger partial charge is 0.319 e. The molecule has 1 aromatic rings. The molecule has 2 amide bonds. The molecule has 19 heavy (non-hydrogen) atoms. The number of carbonyl (C=O) groups excluding carboxylic acids is 1. The van der Waals surface area contributed by atoms with E-state index >= 15 is 0 Å². The molecule has 1 aliphatic carbocycles. The second-order valence-corrected chi connectivity index (χ2v) is 5.73. The first kappa shape index (κ1) is 13.7. The number of hydrogen-bond donors (Lipinski definition) is 3. The van der Waals surface area contributed by atoms with Crippen molar-refractivity contribution in [2.24, 2.45) is 11.8 Å². The molecule has 3 atom stereocenters. The van der Waals surface area contributed by atoms with Crippen LogP contribution < -0.4 is 16.4 Å². The highest BCUT2D eigenvalue weighted by Crippen LogP contribution is 2.28. The van der Waals surface area contributed by atoms with Gasteiger partial charge in [-0.2, -0.15) is 0 Å². The first-order valence-electron chi connectivity index (χ1n) is 6.97. The maximum absolute atomic E-state index is 12.0. The van der Waals surface area contributed by atoms with Gasteiger partial charge in [0.2, 0.25) is 0 Å². The van der Waals surface area contributed by atoms with Crippen LogP contribution in [0.2, 0.25) is 0 Å². The van der Waals surface area contributed by atoms with Crippen molar-refractivity contribution in [3.05, 3.63) is 24.3 Å². The Kier molecular flexibility index (Phi) is 4.30. The molecule has 0 saturated heterocycles. The number of amides is 2. The van der Waals surface area contributed by atoms with Gasteiger partial charge in [-0.25, -0.2) is 4.79 Å². The average molecular weight is 261 g/mol. The molecule has 1 aliphatic rings. The van der Waals surface area contributed by atoms with E-state index in [9.17, 15) is 4.79 Å². The summed E-state index contributed by atoms with van der Waals surface area (Å²) in [4.78, 5) is 12.0. The molecule has 2 rings (SSSR count). The zero-order chi connectivity index (χ0) is 13.8. The molecule has 3 unspecified atom stereocenters.